The molecule has 0 aliphatic rings. The van der Waals surface area contributed by atoms with Gasteiger partial charge in [-0.2, -0.15) is 41.5 Å². The molecule has 0 aliphatic carbocycles. The van der Waals surface area contributed by atoms with Crippen LogP contribution in [0.25, 0.3) is 44.3 Å². The van der Waals surface area contributed by atoms with Crippen molar-refractivity contribution in [3.8, 4) is 22.3 Å². The summed E-state index contributed by atoms with van der Waals surface area (Å²) in [6.45, 7) is 14.3. The Bertz CT molecular complexity index is 3010. The summed E-state index contributed by atoms with van der Waals surface area (Å²) in [6.07, 6.45) is -6.50. The third-order valence-electron chi connectivity index (χ3n) is 11.1. The summed E-state index contributed by atoms with van der Waals surface area (Å²) in [4.78, 5) is 40.7. The zero-order valence-electron chi connectivity index (χ0n) is 37.2. The second kappa shape index (κ2) is 16.8. The zero-order chi connectivity index (χ0) is 48.4. The number of nitrogens with zero attached hydrogens (tertiary/aromatic N) is 8. The number of ether oxygens (including phenoxy) is 1. The predicted molar refractivity (Wildman–Crippen MR) is 232 cm³/mol. The van der Waals surface area contributed by atoms with Crippen molar-refractivity contribution in [3.63, 3.8) is 0 Å². The van der Waals surface area contributed by atoms with E-state index in [2.05, 4.69) is 20.2 Å². The summed E-state index contributed by atoms with van der Waals surface area (Å²) in [5, 5.41) is 11.1. The van der Waals surface area contributed by atoms with Crippen molar-refractivity contribution in [2.24, 2.45) is 0 Å². The number of alkyl halides is 6. The summed E-state index contributed by atoms with van der Waals surface area (Å²) >= 11 is 0. The number of benzene rings is 3. The van der Waals surface area contributed by atoms with E-state index in [0.29, 0.717) is 58.5 Å². The molecule has 346 valence electrons. The Hall–Kier alpha value is -6.92. The fourth-order valence-electron chi connectivity index (χ4n) is 7.80. The third kappa shape index (κ3) is 8.65. The van der Waals surface area contributed by atoms with Crippen molar-refractivity contribution in [2.75, 3.05) is 10.0 Å². The first-order chi connectivity index (χ1) is 30.8. The van der Waals surface area contributed by atoms with Gasteiger partial charge >= 0.3 is 18.4 Å². The molecule has 0 aliphatic heterocycles. The lowest BCUT2D eigenvalue weighted by molar-refractivity contribution is -0.143. The number of pyridine rings is 2. The number of aromatic nitrogens is 6. The maximum absolute atomic E-state index is 16.1. The van der Waals surface area contributed by atoms with E-state index in [4.69, 9.17) is 4.74 Å². The Labute approximate surface area is 373 Å². The van der Waals surface area contributed by atoms with Gasteiger partial charge in [0.1, 0.15) is 17.2 Å². The van der Waals surface area contributed by atoms with Gasteiger partial charge in [0, 0.05) is 35.0 Å². The van der Waals surface area contributed by atoms with Gasteiger partial charge in [-0.25, -0.2) is 37.9 Å². The number of amides is 2. The molecule has 7 rings (SSSR count). The normalized spacial score (nSPS) is 12.6. The van der Waals surface area contributed by atoms with E-state index in [0.717, 1.165) is 29.9 Å². The number of aryl methyl sites for hydroxylation is 4. The Morgan fingerprint density at radius 3 is 1.39 bits per heavy atom. The minimum absolute atomic E-state index is 0.0534. The Morgan fingerprint density at radius 1 is 0.606 bits per heavy atom. The van der Waals surface area contributed by atoms with Crippen LogP contribution in [0.4, 0.5) is 51.3 Å². The van der Waals surface area contributed by atoms with Gasteiger partial charge in [0.2, 0.25) is 0 Å². The van der Waals surface area contributed by atoms with E-state index >= 15 is 9.59 Å². The fraction of sp³-hybridized carbons (Fsp3) is 0.319. The Kier molecular flexibility index (Phi) is 12.0. The van der Waals surface area contributed by atoms with Gasteiger partial charge < -0.3 is 4.74 Å². The summed E-state index contributed by atoms with van der Waals surface area (Å²) in [5.74, 6) is -2.47. The molecular formula is C47H44F8N8O3. The van der Waals surface area contributed by atoms with Crippen molar-refractivity contribution in [3.05, 3.63) is 119 Å². The minimum atomic E-state index is -5.29. The number of fused-ring (bicyclic) bond motifs is 2. The predicted octanol–water partition coefficient (Wildman–Crippen LogP) is 12.1. The van der Waals surface area contributed by atoms with Gasteiger partial charge in [-0.1, -0.05) is 12.1 Å². The number of hydrogen-bond donors (Lipinski definition) is 0. The van der Waals surface area contributed by atoms with Crippen LogP contribution in [0.5, 0.6) is 0 Å². The van der Waals surface area contributed by atoms with Crippen LogP contribution in [0.2, 0.25) is 0 Å². The molecule has 0 unspecified atom stereocenters. The highest BCUT2D eigenvalue weighted by Gasteiger charge is 2.46. The van der Waals surface area contributed by atoms with Crippen molar-refractivity contribution in [2.45, 2.75) is 98.8 Å². The van der Waals surface area contributed by atoms with Crippen molar-refractivity contribution in [1.82, 2.24) is 29.5 Å². The molecule has 7 aromatic rings. The van der Waals surface area contributed by atoms with E-state index in [-0.39, 0.29) is 39.6 Å². The number of rotatable bonds is 8. The van der Waals surface area contributed by atoms with Crippen LogP contribution < -0.4 is 10.0 Å². The monoisotopic (exact) mass is 920 g/mol. The number of halogens is 8. The van der Waals surface area contributed by atoms with Crippen LogP contribution in [0, 0.1) is 25.5 Å². The number of carbonyl (C=O) groups is 2. The second-order valence-corrected chi connectivity index (χ2v) is 17.2. The molecular weight excluding hydrogens is 877 g/mol. The Balaban J connectivity index is 1.67. The summed E-state index contributed by atoms with van der Waals surface area (Å²) in [6, 6.07) is 8.49. The maximum atomic E-state index is 16.1. The third-order valence-corrected chi connectivity index (χ3v) is 11.1. The lowest BCUT2D eigenvalue weighted by Crippen LogP contribution is -2.57. The van der Waals surface area contributed by atoms with Crippen LogP contribution in [-0.2, 0) is 40.4 Å². The molecule has 0 saturated carbocycles. The molecule has 0 radical (unpaired) electrons. The maximum Gasteiger partial charge on any atom is 0.434 e. The largest absolute Gasteiger partial charge is 0.442 e. The number of hydrazine groups is 1. The van der Waals surface area contributed by atoms with Gasteiger partial charge in [-0.05, 0) is 133 Å². The molecule has 66 heavy (non-hydrogen) atoms. The number of carbonyl (C=O) groups excluding carboxylic acids is 2. The molecule has 19 heteroatoms. The molecule has 2 amide bonds. The van der Waals surface area contributed by atoms with Gasteiger partial charge in [0.15, 0.2) is 11.3 Å². The van der Waals surface area contributed by atoms with Crippen molar-refractivity contribution >= 4 is 45.4 Å². The van der Waals surface area contributed by atoms with Crippen LogP contribution in [0.3, 0.4) is 0 Å². The van der Waals surface area contributed by atoms with Crippen LogP contribution in [-0.4, -0.2) is 47.1 Å². The van der Waals surface area contributed by atoms with E-state index < -0.39 is 63.7 Å². The minimum Gasteiger partial charge on any atom is -0.442 e. The molecule has 0 saturated heterocycles. The molecule has 0 atom stereocenters. The second-order valence-electron chi connectivity index (χ2n) is 17.2. The van der Waals surface area contributed by atoms with E-state index in [1.165, 1.54) is 80.6 Å². The fourth-order valence-corrected chi connectivity index (χ4v) is 7.80. The highest BCUT2D eigenvalue weighted by Crippen LogP contribution is 2.47. The van der Waals surface area contributed by atoms with Crippen molar-refractivity contribution in [1.29, 1.82) is 0 Å². The van der Waals surface area contributed by atoms with Gasteiger partial charge in [-0.15, -0.1) is 0 Å². The van der Waals surface area contributed by atoms with Crippen molar-refractivity contribution < 1.29 is 49.4 Å². The van der Waals surface area contributed by atoms with E-state index in [9.17, 15) is 35.1 Å². The SMILES string of the molecule is CCn1ncc2c(-c3ccc(F)cc3C)c(N(C(=O)OC(C)(C)C)N(C(=O)C(C)(C)c3cc(C(F)(F)F)cc(C(F)(F)F)c3)c3cnc4c(cnn4CC)c3-c3ccc(F)cc3C)cnc21. The number of anilines is 2. The highest BCUT2D eigenvalue weighted by atomic mass is 19.4. The molecule has 3 aromatic carbocycles. The molecule has 11 nitrogen and oxygen atoms in total. The van der Waals surface area contributed by atoms with Crippen LogP contribution >= 0.6 is 0 Å². The summed E-state index contributed by atoms with van der Waals surface area (Å²) in [5.41, 5.74) is -6.00. The zero-order valence-corrected chi connectivity index (χ0v) is 37.2. The van der Waals surface area contributed by atoms with Crippen LogP contribution in [0.15, 0.2) is 79.4 Å². The first kappa shape index (κ1) is 47.1. The summed E-state index contributed by atoms with van der Waals surface area (Å²) in [7, 11) is 0. The van der Waals surface area contributed by atoms with Gasteiger partial charge in [-0.3, -0.25) is 4.79 Å². The highest BCUT2D eigenvalue weighted by molar-refractivity contribution is 6.15. The van der Waals surface area contributed by atoms with E-state index in [1.54, 1.807) is 32.4 Å². The summed E-state index contributed by atoms with van der Waals surface area (Å²) < 4.78 is 126. The number of hydrogen-bond acceptors (Lipinski definition) is 7. The first-order valence-electron chi connectivity index (χ1n) is 20.7. The van der Waals surface area contributed by atoms with Crippen LogP contribution in [0.1, 0.15) is 76.3 Å². The van der Waals surface area contributed by atoms with Gasteiger partial charge in [0.25, 0.3) is 5.91 Å². The molecule has 4 aromatic heterocycles. The topological polar surface area (TPSA) is 111 Å². The average Bonchev–Trinajstić information content (AvgIpc) is 3.85. The lowest BCUT2D eigenvalue weighted by Gasteiger charge is -2.41. The first-order valence-corrected chi connectivity index (χ1v) is 20.7. The molecule has 0 bridgehead atoms. The smallest absolute Gasteiger partial charge is 0.434 e. The van der Waals surface area contributed by atoms with E-state index in [1.807, 2.05) is 0 Å². The average molecular weight is 921 g/mol. The molecule has 0 N–H and O–H groups in total. The quantitative estimate of drug-likeness (QED) is 0.110. The Morgan fingerprint density at radius 2 is 1.02 bits per heavy atom. The lowest BCUT2D eigenvalue weighted by atomic mass is 9.81. The molecule has 0 spiro atoms. The molecule has 0 fully saturated rings. The van der Waals surface area contributed by atoms with Gasteiger partial charge in [0.05, 0.1) is 52.7 Å². The standard InChI is InChI=1S/C47H44F8N8O3/c1-10-60-40-34(21-58-60)38(32-14-12-30(48)16-25(32)3)36(23-56-40)62(42(64)45(8,9)27-18-28(46(50,51)52)20-29(19-27)47(53,54)55)63(43(65)66-44(5,6)7)37-24-57-41-35(22-59-61(41)11-2)39(37)33-15-13-31(49)17-26(33)4/h12-24H,10-11H2,1-9H3. The molecule has 4 heterocycles.